The molecule has 0 saturated heterocycles. The van der Waals surface area contributed by atoms with Gasteiger partial charge in [0.05, 0.1) is 31.4 Å². The Kier molecular flexibility index (Phi) is 4.59. The first-order chi connectivity index (χ1) is 11.5. The maximum Gasteiger partial charge on any atom is 0.337 e. The molecule has 24 heavy (non-hydrogen) atoms. The average Bonchev–Trinajstić information content (AvgIpc) is 3.15. The van der Waals surface area contributed by atoms with Crippen molar-refractivity contribution in [2.75, 3.05) is 32.1 Å². The standard InChI is InChI=1S/C16H16BrN3O4/c1-24-16(23)11-8-20(4-5-21)15(22)14(11)19-10-6-9-2-3-18-13(9)12(17)7-10/h2-3,6-7,18-19,21H,4-5,8H2,1H3. The number of aromatic nitrogens is 1. The van der Waals surface area contributed by atoms with E-state index in [2.05, 4.69) is 26.2 Å². The fourth-order valence-electron chi connectivity index (χ4n) is 2.69. The summed E-state index contributed by atoms with van der Waals surface area (Å²) in [6, 6.07) is 5.61. The molecule has 1 aromatic carbocycles. The van der Waals surface area contributed by atoms with E-state index in [0.29, 0.717) is 5.69 Å². The van der Waals surface area contributed by atoms with Crippen LogP contribution in [0.15, 0.2) is 40.1 Å². The van der Waals surface area contributed by atoms with Crippen molar-refractivity contribution in [3.05, 3.63) is 40.1 Å². The normalized spacial score (nSPS) is 14.6. The molecule has 126 valence electrons. The van der Waals surface area contributed by atoms with E-state index in [9.17, 15) is 9.59 Å². The predicted octanol–water partition coefficient (Wildman–Crippen LogP) is 1.60. The lowest BCUT2D eigenvalue weighted by Gasteiger charge is -2.15. The smallest absolute Gasteiger partial charge is 0.337 e. The summed E-state index contributed by atoms with van der Waals surface area (Å²) in [5, 5.41) is 13.1. The van der Waals surface area contributed by atoms with E-state index in [4.69, 9.17) is 9.84 Å². The van der Waals surface area contributed by atoms with Gasteiger partial charge in [-0.15, -0.1) is 0 Å². The summed E-state index contributed by atoms with van der Waals surface area (Å²) in [4.78, 5) is 29.0. The molecule has 2 heterocycles. The molecular formula is C16H16BrN3O4. The highest BCUT2D eigenvalue weighted by atomic mass is 79.9. The number of amides is 1. The zero-order chi connectivity index (χ0) is 17.3. The fraction of sp³-hybridized carbons (Fsp3) is 0.250. The number of esters is 1. The number of hydrogen-bond acceptors (Lipinski definition) is 5. The van der Waals surface area contributed by atoms with Gasteiger partial charge < -0.3 is 25.0 Å². The van der Waals surface area contributed by atoms with Gasteiger partial charge in [0.2, 0.25) is 0 Å². The van der Waals surface area contributed by atoms with Gasteiger partial charge in [0.15, 0.2) is 0 Å². The maximum atomic E-state index is 12.5. The number of nitrogens with zero attached hydrogens (tertiary/aromatic N) is 1. The molecule has 0 saturated carbocycles. The van der Waals surface area contributed by atoms with Crippen LogP contribution in [0.1, 0.15) is 0 Å². The van der Waals surface area contributed by atoms with Crippen molar-refractivity contribution in [3.63, 3.8) is 0 Å². The third-order valence-corrected chi connectivity index (χ3v) is 4.46. The molecule has 3 N–H and O–H groups in total. The number of halogens is 1. The van der Waals surface area contributed by atoms with Crippen molar-refractivity contribution in [3.8, 4) is 0 Å². The van der Waals surface area contributed by atoms with E-state index >= 15 is 0 Å². The number of nitrogens with one attached hydrogen (secondary N) is 2. The third-order valence-electron chi connectivity index (χ3n) is 3.83. The number of β-amino-alcohol motifs (C(OH)–C–C–N with tert-alkyl or cyclic N) is 1. The van der Waals surface area contributed by atoms with Crippen molar-refractivity contribution in [2.45, 2.75) is 0 Å². The van der Waals surface area contributed by atoms with E-state index in [1.165, 1.54) is 12.0 Å². The van der Waals surface area contributed by atoms with Crippen LogP contribution in [0, 0.1) is 0 Å². The number of aromatic amines is 1. The number of aliphatic hydroxyl groups excluding tert-OH is 1. The molecule has 8 heteroatoms. The molecule has 0 radical (unpaired) electrons. The number of hydrogen-bond donors (Lipinski definition) is 3. The molecule has 7 nitrogen and oxygen atoms in total. The van der Waals surface area contributed by atoms with Gasteiger partial charge in [0, 0.05) is 28.3 Å². The Labute approximate surface area is 146 Å². The molecule has 0 bridgehead atoms. The minimum atomic E-state index is -0.562. The quantitative estimate of drug-likeness (QED) is 0.670. The van der Waals surface area contributed by atoms with Gasteiger partial charge in [-0.2, -0.15) is 0 Å². The number of anilines is 1. The molecule has 1 aliphatic heterocycles. The number of H-pyrrole nitrogens is 1. The number of methoxy groups -OCH3 is 1. The molecule has 3 rings (SSSR count). The summed E-state index contributed by atoms with van der Waals surface area (Å²) in [6.45, 7) is 0.0986. The van der Waals surface area contributed by atoms with Crippen LogP contribution in [0.3, 0.4) is 0 Å². The Balaban J connectivity index is 1.97. The highest BCUT2D eigenvalue weighted by Gasteiger charge is 2.34. The maximum absolute atomic E-state index is 12.5. The van der Waals surface area contributed by atoms with Crippen molar-refractivity contribution in [1.82, 2.24) is 9.88 Å². The zero-order valence-electron chi connectivity index (χ0n) is 12.9. The lowest BCUT2D eigenvalue weighted by Crippen LogP contribution is -2.31. The number of carbonyl (C=O) groups is 2. The number of fused-ring (bicyclic) bond motifs is 1. The highest BCUT2D eigenvalue weighted by molar-refractivity contribution is 9.10. The first-order valence-electron chi connectivity index (χ1n) is 7.30. The van der Waals surface area contributed by atoms with E-state index in [-0.39, 0.29) is 36.9 Å². The van der Waals surface area contributed by atoms with Gasteiger partial charge in [0.25, 0.3) is 5.91 Å². The summed E-state index contributed by atoms with van der Waals surface area (Å²) >= 11 is 3.48. The molecule has 2 aromatic rings. The van der Waals surface area contributed by atoms with Crippen LogP contribution in [-0.4, -0.2) is 53.7 Å². The van der Waals surface area contributed by atoms with Crippen molar-refractivity contribution in [1.29, 1.82) is 0 Å². The molecular weight excluding hydrogens is 378 g/mol. The second-order valence-corrected chi connectivity index (χ2v) is 6.17. The lowest BCUT2D eigenvalue weighted by atomic mass is 10.2. The Hall–Kier alpha value is -2.32. The summed E-state index contributed by atoms with van der Waals surface area (Å²) < 4.78 is 5.60. The Morgan fingerprint density at radius 1 is 1.50 bits per heavy atom. The largest absolute Gasteiger partial charge is 0.466 e. The van der Waals surface area contributed by atoms with Crippen molar-refractivity contribution in [2.24, 2.45) is 0 Å². The van der Waals surface area contributed by atoms with Gasteiger partial charge in [-0.3, -0.25) is 4.79 Å². The number of ether oxygens (including phenoxy) is 1. The third kappa shape index (κ3) is 2.90. The first-order valence-corrected chi connectivity index (χ1v) is 8.09. The summed E-state index contributed by atoms with van der Waals surface area (Å²) in [7, 11) is 1.27. The number of benzene rings is 1. The van der Waals surface area contributed by atoms with Gasteiger partial charge in [-0.1, -0.05) is 0 Å². The molecule has 0 unspecified atom stereocenters. The molecule has 1 amide bonds. The van der Waals surface area contributed by atoms with Gasteiger partial charge in [-0.25, -0.2) is 4.79 Å². The van der Waals surface area contributed by atoms with Crippen molar-refractivity contribution >= 4 is 44.4 Å². The second-order valence-electron chi connectivity index (χ2n) is 5.32. The van der Waals surface area contributed by atoms with E-state index in [0.717, 1.165) is 15.4 Å². The Morgan fingerprint density at radius 2 is 2.29 bits per heavy atom. The molecule has 0 aliphatic carbocycles. The molecule has 0 spiro atoms. The number of aliphatic hydroxyl groups is 1. The number of rotatable bonds is 5. The van der Waals surface area contributed by atoms with E-state index < -0.39 is 5.97 Å². The topological polar surface area (TPSA) is 94.7 Å². The summed E-state index contributed by atoms with van der Waals surface area (Å²) in [5.41, 5.74) is 2.05. The first kappa shape index (κ1) is 16.5. The fourth-order valence-corrected chi connectivity index (χ4v) is 3.28. The van der Waals surface area contributed by atoms with Crippen LogP contribution < -0.4 is 5.32 Å². The van der Waals surface area contributed by atoms with Crippen LogP contribution >= 0.6 is 15.9 Å². The van der Waals surface area contributed by atoms with Gasteiger partial charge in [0.1, 0.15) is 5.70 Å². The van der Waals surface area contributed by atoms with E-state index in [1.54, 1.807) is 0 Å². The van der Waals surface area contributed by atoms with Crippen molar-refractivity contribution < 1.29 is 19.4 Å². The SMILES string of the molecule is COC(=O)C1=C(Nc2cc(Br)c3[nH]ccc3c2)C(=O)N(CCO)C1. The lowest BCUT2D eigenvalue weighted by molar-refractivity contribution is -0.136. The van der Waals surface area contributed by atoms with Gasteiger partial charge >= 0.3 is 5.97 Å². The Bertz CT molecular complexity index is 843. The summed E-state index contributed by atoms with van der Waals surface area (Å²) in [6.07, 6.45) is 1.82. The molecule has 0 fully saturated rings. The Morgan fingerprint density at radius 3 is 3.00 bits per heavy atom. The van der Waals surface area contributed by atoms with Gasteiger partial charge in [-0.05, 0) is 34.1 Å². The number of carbonyl (C=O) groups excluding carboxylic acids is 2. The molecule has 1 aromatic heterocycles. The van der Waals surface area contributed by atoms with Crippen LogP contribution in [0.25, 0.3) is 10.9 Å². The molecule has 1 aliphatic rings. The van der Waals surface area contributed by atoms with Crippen LogP contribution in [0.5, 0.6) is 0 Å². The highest BCUT2D eigenvalue weighted by Crippen LogP contribution is 2.29. The van der Waals surface area contributed by atoms with E-state index in [1.807, 2.05) is 24.4 Å². The second kappa shape index (κ2) is 6.66. The monoisotopic (exact) mass is 393 g/mol. The minimum Gasteiger partial charge on any atom is -0.466 e. The van der Waals surface area contributed by atoms with Crippen LogP contribution in [0.4, 0.5) is 5.69 Å². The minimum absolute atomic E-state index is 0.113. The summed E-state index contributed by atoms with van der Waals surface area (Å²) in [5.74, 6) is -0.900. The average molecular weight is 394 g/mol. The van der Waals surface area contributed by atoms with Crippen LogP contribution in [-0.2, 0) is 14.3 Å². The molecule has 0 atom stereocenters. The van der Waals surface area contributed by atoms with Crippen LogP contribution in [0.2, 0.25) is 0 Å². The predicted molar refractivity (Wildman–Crippen MR) is 92.3 cm³/mol. The zero-order valence-corrected chi connectivity index (χ0v) is 14.5.